The molecule has 11 nitrogen and oxygen atoms in total. The van der Waals surface area contributed by atoms with Crippen LogP contribution in [0, 0.1) is 25.2 Å². The van der Waals surface area contributed by atoms with E-state index in [2.05, 4.69) is 41.9 Å². The number of carboxylic acids is 1. The van der Waals surface area contributed by atoms with Gasteiger partial charge in [-0.1, -0.05) is 48.9 Å². The lowest BCUT2D eigenvalue weighted by molar-refractivity contribution is -0.153. The molecule has 1 aromatic heterocycles. The van der Waals surface area contributed by atoms with Gasteiger partial charge >= 0.3 is 5.97 Å². The van der Waals surface area contributed by atoms with Crippen molar-refractivity contribution < 1.29 is 34.3 Å². The van der Waals surface area contributed by atoms with Crippen molar-refractivity contribution in [2.24, 2.45) is 0 Å². The van der Waals surface area contributed by atoms with Gasteiger partial charge in [0, 0.05) is 55.8 Å². The van der Waals surface area contributed by atoms with E-state index in [0.29, 0.717) is 46.4 Å². The number of halogens is 1. The van der Waals surface area contributed by atoms with Crippen LogP contribution in [0.4, 0.5) is 0 Å². The number of carbonyl (C=O) groups is 1. The molecular formula is C42H49ClN4O7. The van der Waals surface area contributed by atoms with Crippen molar-refractivity contribution in [1.29, 1.82) is 5.26 Å². The lowest BCUT2D eigenvalue weighted by Gasteiger charge is -2.36. The summed E-state index contributed by atoms with van der Waals surface area (Å²) in [6, 6.07) is 19.4. The van der Waals surface area contributed by atoms with Gasteiger partial charge in [0.2, 0.25) is 0 Å². The van der Waals surface area contributed by atoms with Gasteiger partial charge in [-0.25, -0.2) is 0 Å². The molecule has 2 unspecified atom stereocenters. The van der Waals surface area contributed by atoms with E-state index in [1.807, 2.05) is 31.2 Å². The maximum Gasteiger partial charge on any atom is 0.326 e. The first-order chi connectivity index (χ1) is 26.0. The number of nitriles is 1. The van der Waals surface area contributed by atoms with E-state index >= 15 is 0 Å². The highest BCUT2D eigenvalue weighted by molar-refractivity contribution is 6.32. The summed E-state index contributed by atoms with van der Waals surface area (Å²) in [5.74, 6) is 0.484. The van der Waals surface area contributed by atoms with Crippen molar-refractivity contribution in [3.8, 4) is 34.4 Å². The molecule has 1 aliphatic rings. The summed E-state index contributed by atoms with van der Waals surface area (Å²) >= 11 is 6.82. The molecule has 3 aromatic carbocycles. The van der Waals surface area contributed by atoms with Crippen molar-refractivity contribution in [3.63, 3.8) is 0 Å². The number of hydrogen-bond donors (Lipinski definition) is 3. The van der Waals surface area contributed by atoms with Gasteiger partial charge in [-0.3, -0.25) is 14.7 Å². The first-order valence-electron chi connectivity index (χ1n) is 18.2. The number of benzene rings is 3. The number of aromatic nitrogens is 1. The number of aliphatic carboxylic acids is 1. The number of likely N-dealkylation sites (tertiary alicyclic amines) is 1. The fourth-order valence-electron chi connectivity index (χ4n) is 6.71. The van der Waals surface area contributed by atoms with E-state index in [1.165, 1.54) is 13.1 Å². The molecule has 4 aromatic rings. The molecule has 0 radical (unpaired) electrons. The monoisotopic (exact) mass is 756 g/mol. The maximum absolute atomic E-state index is 12.2. The first-order valence-corrected chi connectivity index (χ1v) is 18.6. The van der Waals surface area contributed by atoms with Crippen LogP contribution < -0.4 is 14.2 Å². The number of hydrogen-bond acceptors (Lipinski definition) is 10. The van der Waals surface area contributed by atoms with E-state index < -0.39 is 18.1 Å². The lowest BCUT2D eigenvalue weighted by Crippen LogP contribution is -2.54. The zero-order valence-electron chi connectivity index (χ0n) is 31.3. The van der Waals surface area contributed by atoms with Crippen molar-refractivity contribution in [1.82, 2.24) is 14.8 Å². The van der Waals surface area contributed by atoms with Gasteiger partial charge in [0.15, 0.2) is 0 Å². The van der Waals surface area contributed by atoms with Crippen LogP contribution in [-0.2, 0) is 24.6 Å². The van der Waals surface area contributed by atoms with E-state index in [1.54, 1.807) is 29.3 Å². The highest BCUT2D eigenvalue weighted by atomic mass is 35.5. The third-order valence-corrected chi connectivity index (χ3v) is 10.5. The third kappa shape index (κ3) is 9.69. The molecule has 54 heavy (non-hydrogen) atoms. The Kier molecular flexibility index (Phi) is 13.9. The highest BCUT2D eigenvalue weighted by Crippen LogP contribution is 2.37. The predicted molar refractivity (Wildman–Crippen MR) is 207 cm³/mol. The Morgan fingerprint density at radius 3 is 2.44 bits per heavy atom. The van der Waals surface area contributed by atoms with Gasteiger partial charge in [0.05, 0.1) is 29.9 Å². The van der Waals surface area contributed by atoms with Crippen LogP contribution in [0.15, 0.2) is 67.0 Å². The summed E-state index contributed by atoms with van der Waals surface area (Å²) in [4.78, 5) is 20.2. The third-order valence-electron chi connectivity index (χ3n) is 10.2. The Labute approximate surface area is 322 Å². The standard InChI is InChI=1S/C42H49ClN4O7/c1-5-47(42(4,27-48)41(50)51)23-33-18-37(43)40(19-39(33)53-25-31-17-30(20-44)21-45-22-31)54-26-32-9-6-10-35(28(32)2)36-11-7-12-38(29(36)3)52-16-8-14-46-15-13-34(49)24-46/h6-7,9-12,17-19,21-22,34,48-49H,5,8,13-16,23-27H2,1-4H3,(H,50,51). The highest BCUT2D eigenvalue weighted by Gasteiger charge is 2.39. The number of likely N-dealkylation sites (N-methyl/N-ethyl adjacent to an activating group) is 1. The number of pyridine rings is 1. The Balaban J connectivity index is 1.35. The molecule has 5 rings (SSSR count). The second-order valence-corrected chi connectivity index (χ2v) is 14.3. The zero-order valence-corrected chi connectivity index (χ0v) is 32.1. The largest absolute Gasteiger partial charge is 0.493 e. The second kappa shape index (κ2) is 18.6. The minimum absolute atomic E-state index is 0.0881. The number of β-amino-alcohol motifs (C(OH)–C–C–N with tert-alkyl or cyclic N) is 1. The van der Waals surface area contributed by atoms with Crippen LogP contribution in [0.1, 0.15) is 60.1 Å². The molecular weight excluding hydrogens is 708 g/mol. The van der Waals surface area contributed by atoms with Crippen molar-refractivity contribution in [2.75, 3.05) is 39.4 Å². The molecule has 0 amide bonds. The van der Waals surface area contributed by atoms with Crippen LogP contribution in [0.2, 0.25) is 5.02 Å². The Morgan fingerprint density at radius 2 is 1.76 bits per heavy atom. The second-order valence-electron chi connectivity index (χ2n) is 13.9. The van der Waals surface area contributed by atoms with Crippen LogP contribution >= 0.6 is 11.6 Å². The van der Waals surface area contributed by atoms with E-state index in [0.717, 1.165) is 66.0 Å². The number of aliphatic hydroxyl groups is 2. The molecule has 286 valence electrons. The van der Waals surface area contributed by atoms with E-state index in [-0.39, 0.29) is 25.9 Å². The Hall–Kier alpha value is -4.70. The van der Waals surface area contributed by atoms with Crippen LogP contribution in [0.25, 0.3) is 11.1 Å². The molecule has 0 aliphatic carbocycles. The van der Waals surface area contributed by atoms with Crippen LogP contribution in [0.5, 0.6) is 17.2 Å². The number of aliphatic hydroxyl groups excluding tert-OH is 2. The lowest BCUT2D eigenvalue weighted by atomic mass is 9.93. The van der Waals surface area contributed by atoms with E-state index in [4.69, 9.17) is 25.8 Å². The summed E-state index contributed by atoms with van der Waals surface area (Å²) in [7, 11) is 0. The van der Waals surface area contributed by atoms with Gasteiger partial charge < -0.3 is 34.4 Å². The van der Waals surface area contributed by atoms with Crippen molar-refractivity contribution in [2.45, 2.75) is 71.9 Å². The SMILES string of the molecule is CCN(Cc1cc(Cl)c(OCc2cccc(-c3cccc(OCCCN4CCC(O)C4)c3C)c2C)cc1OCc1cncc(C#N)c1)C(C)(CO)C(=O)O. The molecule has 2 heterocycles. The molecule has 0 saturated carbocycles. The summed E-state index contributed by atoms with van der Waals surface area (Å²) in [6.07, 6.45) is 4.57. The predicted octanol–water partition coefficient (Wildman–Crippen LogP) is 6.54. The molecule has 1 fully saturated rings. The van der Waals surface area contributed by atoms with Crippen molar-refractivity contribution in [3.05, 3.63) is 105 Å². The van der Waals surface area contributed by atoms with Gasteiger partial charge in [-0.05, 0) is 86.2 Å². The summed E-state index contributed by atoms with van der Waals surface area (Å²) < 4.78 is 18.8. The minimum atomic E-state index is -1.54. The number of nitrogens with zero attached hydrogens (tertiary/aromatic N) is 4. The number of ether oxygens (including phenoxy) is 3. The number of carboxylic acid groups (broad SMARTS) is 1. The van der Waals surface area contributed by atoms with Crippen LogP contribution in [0.3, 0.4) is 0 Å². The summed E-state index contributed by atoms with van der Waals surface area (Å²) in [6.45, 7) is 10.7. The first kappa shape index (κ1) is 40.5. The molecule has 3 N–H and O–H groups in total. The quantitative estimate of drug-likeness (QED) is 0.0951. The molecule has 12 heteroatoms. The normalized spacial score (nSPS) is 15.5. The number of rotatable bonds is 18. The summed E-state index contributed by atoms with van der Waals surface area (Å²) in [5.41, 5.74) is 5.33. The molecule has 1 aliphatic heterocycles. The van der Waals surface area contributed by atoms with Gasteiger partial charge in [-0.15, -0.1) is 0 Å². The minimum Gasteiger partial charge on any atom is -0.493 e. The van der Waals surface area contributed by atoms with E-state index in [9.17, 15) is 25.4 Å². The fraction of sp³-hybridized carbons (Fsp3) is 0.405. The molecule has 0 bridgehead atoms. The van der Waals surface area contributed by atoms with Crippen LogP contribution in [-0.4, -0.2) is 87.1 Å². The smallest absolute Gasteiger partial charge is 0.326 e. The topological polar surface area (TPSA) is 149 Å². The zero-order chi connectivity index (χ0) is 38.8. The van der Waals surface area contributed by atoms with Gasteiger partial charge in [0.1, 0.15) is 42.1 Å². The Bertz CT molecular complexity index is 1970. The Morgan fingerprint density at radius 1 is 1.02 bits per heavy atom. The van der Waals surface area contributed by atoms with Gasteiger partial charge in [0.25, 0.3) is 0 Å². The van der Waals surface area contributed by atoms with Gasteiger partial charge in [-0.2, -0.15) is 5.26 Å². The fourth-order valence-corrected chi connectivity index (χ4v) is 6.95. The molecule has 2 atom stereocenters. The molecule has 0 spiro atoms. The summed E-state index contributed by atoms with van der Waals surface area (Å²) in [5, 5.41) is 39.5. The van der Waals surface area contributed by atoms with Crippen molar-refractivity contribution >= 4 is 17.6 Å². The molecule has 1 saturated heterocycles. The maximum atomic E-state index is 12.2. The average molecular weight is 757 g/mol. The average Bonchev–Trinajstić information content (AvgIpc) is 3.59.